The van der Waals surface area contributed by atoms with Crippen molar-refractivity contribution in [2.75, 3.05) is 20.0 Å². The summed E-state index contributed by atoms with van der Waals surface area (Å²) in [6, 6.07) is 6.84. The molecule has 1 aromatic carbocycles. The fourth-order valence-corrected chi connectivity index (χ4v) is 2.12. The first-order valence-electron chi connectivity index (χ1n) is 5.86. The number of benzene rings is 1. The van der Waals surface area contributed by atoms with Crippen LogP contribution in [0.25, 0.3) is 5.69 Å². The smallest absolute Gasteiger partial charge is 0.357 e. The monoisotopic (exact) mass is 305 g/mol. The fourth-order valence-electron chi connectivity index (χ4n) is 1.96. The van der Waals surface area contributed by atoms with E-state index in [-0.39, 0.29) is 16.9 Å². The Bertz CT molecular complexity index is 747. The zero-order chi connectivity index (χ0) is 15.6. The minimum Gasteiger partial charge on any atom is -0.495 e. The number of hydrogen-bond donors (Lipinski definition) is 1. The first-order chi connectivity index (χ1) is 10.0. The molecule has 0 bridgehead atoms. The van der Waals surface area contributed by atoms with E-state index in [0.717, 1.165) is 0 Å². The number of aromatic nitrogens is 1. The highest BCUT2D eigenvalue weighted by molar-refractivity contribution is 6.30. The molecule has 1 heterocycles. The topological polar surface area (TPSA) is 90.3 Å². The highest BCUT2D eigenvalue weighted by Crippen LogP contribution is 2.31. The summed E-state index contributed by atoms with van der Waals surface area (Å²) in [5.41, 5.74) is 6.59. The molecule has 0 aliphatic heterocycles. The van der Waals surface area contributed by atoms with Gasteiger partial charge < -0.3 is 19.8 Å². The maximum absolute atomic E-state index is 11.9. The first-order valence-corrected chi connectivity index (χ1v) is 6.24. The van der Waals surface area contributed by atoms with Gasteiger partial charge in [0.2, 0.25) is 0 Å². The minimum atomic E-state index is -0.656. The third kappa shape index (κ3) is 2.51. The van der Waals surface area contributed by atoms with Crippen molar-refractivity contribution >= 4 is 23.3 Å². The summed E-state index contributed by atoms with van der Waals surface area (Å²) in [4.78, 5) is 11.9. The van der Waals surface area contributed by atoms with Crippen LogP contribution in [0.5, 0.6) is 5.75 Å². The Morgan fingerprint density at radius 1 is 1.43 bits per heavy atom. The Morgan fingerprint density at radius 2 is 2.14 bits per heavy atom. The van der Waals surface area contributed by atoms with Crippen molar-refractivity contribution in [3.8, 4) is 17.5 Å². The molecule has 0 unspecified atom stereocenters. The molecular formula is C14H12ClN3O3. The molecule has 0 aliphatic rings. The fraction of sp³-hybridized carbons (Fsp3) is 0.143. The number of esters is 1. The summed E-state index contributed by atoms with van der Waals surface area (Å²) in [7, 11) is 2.73. The Hall–Kier alpha value is -2.65. The maximum Gasteiger partial charge on any atom is 0.357 e. The number of nitrogens with zero attached hydrogens (tertiary/aromatic N) is 2. The van der Waals surface area contributed by atoms with Gasteiger partial charge in [0.1, 0.15) is 11.8 Å². The van der Waals surface area contributed by atoms with Gasteiger partial charge >= 0.3 is 5.97 Å². The number of halogens is 1. The number of methoxy groups -OCH3 is 2. The van der Waals surface area contributed by atoms with Crippen LogP contribution in [0.15, 0.2) is 24.4 Å². The first kappa shape index (κ1) is 14.8. The van der Waals surface area contributed by atoms with Gasteiger partial charge in [0.25, 0.3) is 0 Å². The average molecular weight is 306 g/mol. The quantitative estimate of drug-likeness (QED) is 0.879. The van der Waals surface area contributed by atoms with Crippen molar-refractivity contribution < 1.29 is 14.3 Å². The van der Waals surface area contributed by atoms with Gasteiger partial charge in [-0.1, -0.05) is 11.6 Å². The number of carbonyl (C=O) groups is 1. The molecule has 2 N–H and O–H groups in total. The maximum atomic E-state index is 11.9. The van der Waals surface area contributed by atoms with E-state index in [4.69, 9.17) is 32.1 Å². The predicted octanol–water partition coefficient (Wildman–Crippen LogP) is 2.38. The number of nitriles is 1. The van der Waals surface area contributed by atoms with E-state index in [1.54, 1.807) is 18.2 Å². The molecule has 0 atom stereocenters. The average Bonchev–Trinajstić information content (AvgIpc) is 2.83. The van der Waals surface area contributed by atoms with Crippen molar-refractivity contribution in [3.05, 3.63) is 40.7 Å². The second-order valence-electron chi connectivity index (χ2n) is 4.09. The van der Waals surface area contributed by atoms with Gasteiger partial charge in [0, 0.05) is 11.2 Å². The molecule has 108 valence electrons. The molecule has 6 nitrogen and oxygen atoms in total. The summed E-state index contributed by atoms with van der Waals surface area (Å²) in [6.07, 6.45) is 1.44. The van der Waals surface area contributed by atoms with Crippen molar-refractivity contribution in [2.45, 2.75) is 0 Å². The van der Waals surface area contributed by atoms with Crippen molar-refractivity contribution in [3.63, 3.8) is 0 Å². The third-order valence-electron chi connectivity index (χ3n) is 2.94. The molecule has 0 saturated heterocycles. The van der Waals surface area contributed by atoms with Crippen LogP contribution < -0.4 is 10.5 Å². The summed E-state index contributed by atoms with van der Waals surface area (Å²) < 4.78 is 11.4. The van der Waals surface area contributed by atoms with E-state index >= 15 is 0 Å². The molecule has 21 heavy (non-hydrogen) atoms. The van der Waals surface area contributed by atoms with Crippen LogP contribution >= 0.6 is 11.6 Å². The van der Waals surface area contributed by atoms with Gasteiger partial charge in [-0.05, 0) is 18.2 Å². The van der Waals surface area contributed by atoms with Gasteiger partial charge in [-0.25, -0.2) is 4.79 Å². The van der Waals surface area contributed by atoms with Crippen LogP contribution in [0.4, 0.5) is 5.69 Å². The number of carbonyl (C=O) groups excluding carboxylic acids is 1. The Balaban J connectivity index is 2.78. The number of rotatable bonds is 3. The highest BCUT2D eigenvalue weighted by atomic mass is 35.5. The molecule has 0 saturated carbocycles. The van der Waals surface area contributed by atoms with Gasteiger partial charge in [-0.3, -0.25) is 0 Å². The van der Waals surface area contributed by atoms with Crippen molar-refractivity contribution in [2.24, 2.45) is 0 Å². The van der Waals surface area contributed by atoms with Crippen LogP contribution in [0, 0.1) is 11.3 Å². The van der Waals surface area contributed by atoms with Gasteiger partial charge in [-0.15, -0.1) is 0 Å². The van der Waals surface area contributed by atoms with E-state index in [1.165, 1.54) is 25.0 Å². The van der Waals surface area contributed by atoms with Crippen LogP contribution in [-0.4, -0.2) is 24.8 Å². The molecule has 2 aromatic rings. The van der Waals surface area contributed by atoms with Crippen LogP contribution in [0.3, 0.4) is 0 Å². The number of nitrogens with two attached hydrogens (primary N) is 1. The number of ether oxygens (including phenoxy) is 2. The van der Waals surface area contributed by atoms with Gasteiger partial charge in [0.05, 0.1) is 31.2 Å². The molecule has 0 aliphatic carbocycles. The zero-order valence-electron chi connectivity index (χ0n) is 11.4. The summed E-state index contributed by atoms with van der Waals surface area (Å²) in [5.74, 6) is -0.180. The lowest BCUT2D eigenvalue weighted by Crippen LogP contribution is -2.11. The summed E-state index contributed by atoms with van der Waals surface area (Å²) in [6.45, 7) is 0. The molecule has 2 rings (SSSR count). The predicted molar refractivity (Wildman–Crippen MR) is 77.8 cm³/mol. The van der Waals surface area contributed by atoms with Crippen molar-refractivity contribution in [1.29, 1.82) is 5.26 Å². The zero-order valence-corrected chi connectivity index (χ0v) is 12.1. The molecule has 0 radical (unpaired) electrons. The standard InChI is InChI=1S/C14H12ClN3O3/c1-20-11-4-3-9(15)5-10(11)18-7-8(6-16)12(17)13(18)14(19)21-2/h3-5,7H,17H2,1-2H3. The molecule has 7 heteroatoms. The van der Waals surface area contributed by atoms with E-state index in [2.05, 4.69) is 0 Å². The Morgan fingerprint density at radius 3 is 2.71 bits per heavy atom. The largest absolute Gasteiger partial charge is 0.495 e. The van der Waals surface area contributed by atoms with E-state index in [1.807, 2.05) is 6.07 Å². The second-order valence-corrected chi connectivity index (χ2v) is 4.53. The Labute approximate surface area is 126 Å². The van der Waals surface area contributed by atoms with Crippen LogP contribution in [-0.2, 0) is 4.74 Å². The van der Waals surface area contributed by atoms with Crippen molar-refractivity contribution in [1.82, 2.24) is 4.57 Å². The number of anilines is 1. The third-order valence-corrected chi connectivity index (χ3v) is 3.18. The van der Waals surface area contributed by atoms with Crippen LogP contribution in [0.2, 0.25) is 5.02 Å². The lowest BCUT2D eigenvalue weighted by atomic mass is 10.2. The van der Waals surface area contributed by atoms with Crippen LogP contribution in [0.1, 0.15) is 16.1 Å². The SMILES string of the molecule is COC(=O)c1c(N)c(C#N)cn1-c1cc(Cl)ccc1OC. The van der Waals surface area contributed by atoms with E-state index in [0.29, 0.717) is 16.5 Å². The lowest BCUT2D eigenvalue weighted by molar-refractivity contribution is 0.0593. The van der Waals surface area contributed by atoms with Gasteiger partial charge in [-0.2, -0.15) is 5.26 Å². The lowest BCUT2D eigenvalue weighted by Gasteiger charge is -2.12. The number of hydrogen-bond acceptors (Lipinski definition) is 5. The molecular weight excluding hydrogens is 294 g/mol. The summed E-state index contributed by atoms with van der Waals surface area (Å²) >= 11 is 5.99. The molecule has 0 fully saturated rings. The second kappa shape index (κ2) is 5.77. The minimum absolute atomic E-state index is 0.0476. The van der Waals surface area contributed by atoms with E-state index in [9.17, 15) is 4.79 Å². The summed E-state index contributed by atoms with van der Waals surface area (Å²) in [5, 5.41) is 9.54. The number of nitrogen functional groups attached to an aromatic ring is 1. The Kier molecular flexibility index (Phi) is 4.05. The molecule has 1 aromatic heterocycles. The van der Waals surface area contributed by atoms with E-state index < -0.39 is 5.97 Å². The molecule has 0 spiro atoms. The normalized spacial score (nSPS) is 10.0. The molecule has 0 amide bonds. The highest BCUT2D eigenvalue weighted by Gasteiger charge is 2.23. The van der Waals surface area contributed by atoms with Gasteiger partial charge in [0.15, 0.2) is 5.69 Å².